The van der Waals surface area contributed by atoms with Gasteiger partial charge in [-0.1, -0.05) is 11.2 Å². The molecule has 0 radical (unpaired) electrons. The van der Waals surface area contributed by atoms with E-state index in [9.17, 15) is 13.5 Å². The van der Waals surface area contributed by atoms with Crippen molar-refractivity contribution in [1.82, 2.24) is 9.46 Å². The number of sulfonamides is 1. The molecule has 1 aliphatic rings. The van der Waals surface area contributed by atoms with E-state index in [-0.39, 0.29) is 11.0 Å². The van der Waals surface area contributed by atoms with Crippen molar-refractivity contribution >= 4 is 21.4 Å². The summed E-state index contributed by atoms with van der Waals surface area (Å²) in [6, 6.07) is 8.52. The summed E-state index contributed by atoms with van der Waals surface area (Å²) in [5.74, 6) is 0.781. The van der Waals surface area contributed by atoms with E-state index in [1.165, 1.54) is 21.7 Å². The van der Waals surface area contributed by atoms with E-state index in [1.54, 1.807) is 19.1 Å². The second-order valence-corrected chi connectivity index (χ2v) is 9.50. The Kier molecular flexibility index (Phi) is 4.94. The molecule has 0 bridgehead atoms. The Morgan fingerprint density at radius 1 is 1.26 bits per heavy atom. The third kappa shape index (κ3) is 3.60. The molecule has 9 heteroatoms. The predicted molar refractivity (Wildman–Crippen MR) is 99.7 cm³/mol. The first-order valence-corrected chi connectivity index (χ1v) is 11.0. The lowest BCUT2D eigenvalue weighted by Crippen LogP contribution is -2.39. The van der Waals surface area contributed by atoms with E-state index in [0.717, 1.165) is 4.88 Å². The van der Waals surface area contributed by atoms with Crippen LogP contribution in [0.1, 0.15) is 29.5 Å². The Balaban J connectivity index is 1.45. The minimum absolute atomic E-state index is 0.0550. The summed E-state index contributed by atoms with van der Waals surface area (Å²) in [6.45, 7) is 2.49. The number of hydrogen-bond donors (Lipinski definition) is 1. The van der Waals surface area contributed by atoms with Crippen molar-refractivity contribution in [3.05, 3.63) is 46.3 Å². The SMILES string of the molecule is Cc1cc(-c2ccc(S(=O)(=O)N3CCC(C(O)c4cccs4)CC3)o2)on1. The summed E-state index contributed by atoms with van der Waals surface area (Å²) in [4.78, 5) is 0.925. The van der Waals surface area contributed by atoms with Crippen molar-refractivity contribution < 1.29 is 22.5 Å². The number of aromatic nitrogens is 1. The highest BCUT2D eigenvalue weighted by Crippen LogP contribution is 2.35. The van der Waals surface area contributed by atoms with E-state index in [2.05, 4.69) is 5.16 Å². The first-order chi connectivity index (χ1) is 12.9. The zero-order valence-electron chi connectivity index (χ0n) is 14.7. The van der Waals surface area contributed by atoms with Gasteiger partial charge in [0.25, 0.3) is 10.0 Å². The van der Waals surface area contributed by atoms with Crippen LogP contribution in [0.15, 0.2) is 49.7 Å². The van der Waals surface area contributed by atoms with E-state index in [0.29, 0.717) is 43.1 Å². The maximum atomic E-state index is 12.9. The number of aryl methyl sites for hydroxylation is 1. The smallest absolute Gasteiger partial charge is 0.276 e. The van der Waals surface area contributed by atoms with Gasteiger partial charge in [-0.25, -0.2) is 8.42 Å². The average Bonchev–Trinajstić information content (AvgIpc) is 3.42. The molecule has 27 heavy (non-hydrogen) atoms. The third-order valence-corrected chi connectivity index (χ3v) is 7.54. The predicted octanol–water partition coefficient (Wildman–Crippen LogP) is 3.44. The third-order valence-electron chi connectivity index (χ3n) is 4.83. The summed E-state index contributed by atoms with van der Waals surface area (Å²) in [5, 5.41) is 16.1. The fourth-order valence-electron chi connectivity index (χ4n) is 3.32. The van der Waals surface area contributed by atoms with Crippen molar-refractivity contribution in [2.45, 2.75) is 31.0 Å². The topological polar surface area (TPSA) is 96.8 Å². The quantitative estimate of drug-likeness (QED) is 0.695. The molecule has 1 fully saturated rings. The molecule has 1 aliphatic heterocycles. The molecule has 4 rings (SSSR count). The molecule has 7 nitrogen and oxygen atoms in total. The molecule has 3 aromatic rings. The van der Waals surface area contributed by atoms with Gasteiger partial charge in [0, 0.05) is 24.0 Å². The van der Waals surface area contributed by atoms with Gasteiger partial charge in [-0.3, -0.25) is 0 Å². The highest BCUT2D eigenvalue weighted by molar-refractivity contribution is 7.89. The van der Waals surface area contributed by atoms with Crippen LogP contribution in [0, 0.1) is 12.8 Å². The lowest BCUT2D eigenvalue weighted by Gasteiger charge is -2.32. The van der Waals surface area contributed by atoms with Crippen LogP contribution in [0.3, 0.4) is 0 Å². The highest BCUT2D eigenvalue weighted by Gasteiger charge is 2.34. The van der Waals surface area contributed by atoms with Crippen LogP contribution in [0.2, 0.25) is 0 Å². The summed E-state index contributed by atoms with van der Waals surface area (Å²) in [6.07, 6.45) is 0.667. The second-order valence-electron chi connectivity index (χ2n) is 6.65. The van der Waals surface area contributed by atoms with Crippen molar-refractivity contribution in [3.63, 3.8) is 0 Å². The van der Waals surface area contributed by atoms with Gasteiger partial charge in [0.05, 0.1) is 11.8 Å². The summed E-state index contributed by atoms with van der Waals surface area (Å²) < 4.78 is 37.8. The Labute approximate surface area is 161 Å². The van der Waals surface area contributed by atoms with Crippen molar-refractivity contribution in [1.29, 1.82) is 0 Å². The zero-order valence-corrected chi connectivity index (χ0v) is 16.4. The van der Waals surface area contributed by atoms with Crippen LogP contribution in [0.25, 0.3) is 11.5 Å². The van der Waals surface area contributed by atoms with Gasteiger partial charge >= 0.3 is 0 Å². The molecule has 1 saturated heterocycles. The van der Waals surface area contributed by atoms with Crippen LogP contribution < -0.4 is 0 Å². The molecular weight excluding hydrogens is 388 g/mol. The van der Waals surface area contributed by atoms with Crippen molar-refractivity contribution in [2.24, 2.45) is 5.92 Å². The van der Waals surface area contributed by atoms with Crippen molar-refractivity contribution in [2.75, 3.05) is 13.1 Å². The number of piperidine rings is 1. The molecule has 0 aromatic carbocycles. The molecule has 3 aromatic heterocycles. The number of nitrogens with zero attached hydrogens (tertiary/aromatic N) is 2. The van der Waals surface area contributed by atoms with Crippen LogP contribution in [-0.2, 0) is 10.0 Å². The lowest BCUT2D eigenvalue weighted by atomic mass is 9.91. The monoisotopic (exact) mass is 408 g/mol. The second kappa shape index (κ2) is 7.23. The van der Waals surface area contributed by atoms with Gasteiger partial charge in [-0.15, -0.1) is 11.3 Å². The van der Waals surface area contributed by atoms with E-state index in [1.807, 2.05) is 17.5 Å². The summed E-state index contributed by atoms with van der Waals surface area (Å²) in [7, 11) is -3.72. The number of aliphatic hydroxyl groups is 1. The normalized spacial score (nSPS) is 18.0. The van der Waals surface area contributed by atoms with Crippen LogP contribution in [0.4, 0.5) is 0 Å². The Hall–Kier alpha value is -1.94. The van der Waals surface area contributed by atoms with Crippen LogP contribution in [0.5, 0.6) is 0 Å². The largest absolute Gasteiger partial charge is 0.440 e. The zero-order chi connectivity index (χ0) is 19.0. The maximum absolute atomic E-state index is 12.9. The van der Waals surface area contributed by atoms with Gasteiger partial charge in [0.1, 0.15) is 0 Å². The number of rotatable bonds is 5. The number of aliphatic hydroxyl groups excluding tert-OH is 1. The summed E-state index contributed by atoms with van der Waals surface area (Å²) in [5.41, 5.74) is 0.692. The molecule has 1 N–H and O–H groups in total. The first-order valence-electron chi connectivity index (χ1n) is 8.70. The minimum atomic E-state index is -3.72. The molecule has 144 valence electrons. The maximum Gasteiger partial charge on any atom is 0.276 e. The van der Waals surface area contributed by atoms with E-state index >= 15 is 0 Å². The first kappa shape index (κ1) is 18.4. The lowest BCUT2D eigenvalue weighted by molar-refractivity contribution is 0.0786. The van der Waals surface area contributed by atoms with Gasteiger partial charge in [0.15, 0.2) is 5.76 Å². The fourth-order valence-corrected chi connectivity index (χ4v) is 5.51. The molecule has 0 saturated carbocycles. The van der Waals surface area contributed by atoms with Gasteiger partial charge in [-0.2, -0.15) is 4.31 Å². The molecule has 0 spiro atoms. The molecule has 1 atom stereocenters. The molecular formula is C18H20N2O5S2. The average molecular weight is 409 g/mol. The van der Waals surface area contributed by atoms with Gasteiger partial charge in [-0.05, 0) is 49.3 Å². The minimum Gasteiger partial charge on any atom is -0.440 e. The number of furan rings is 1. The molecule has 0 aliphatic carbocycles. The number of hydrogen-bond acceptors (Lipinski definition) is 7. The molecule has 4 heterocycles. The van der Waals surface area contributed by atoms with Crippen molar-refractivity contribution in [3.8, 4) is 11.5 Å². The summed E-state index contributed by atoms with van der Waals surface area (Å²) >= 11 is 1.52. The highest BCUT2D eigenvalue weighted by atomic mass is 32.2. The Bertz CT molecular complexity index is 998. The van der Waals surface area contributed by atoms with Gasteiger partial charge in [0.2, 0.25) is 10.9 Å². The van der Waals surface area contributed by atoms with Gasteiger partial charge < -0.3 is 14.0 Å². The molecule has 1 unspecified atom stereocenters. The van der Waals surface area contributed by atoms with E-state index in [4.69, 9.17) is 8.94 Å². The van der Waals surface area contributed by atoms with E-state index < -0.39 is 16.1 Å². The fraction of sp³-hybridized carbons (Fsp3) is 0.389. The van der Waals surface area contributed by atoms with Crippen LogP contribution >= 0.6 is 11.3 Å². The Morgan fingerprint density at radius 3 is 2.67 bits per heavy atom. The van der Waals surface area contributed by atoms with Crippen LogP contribution in [-0.4, -0.2) is 36.1 Å². The Morgan fingerprint density at radius 2 is 2.04 bits per heavy atom. The molecule has 0 amide bonds. The number of thiophene rings is 1. The standard InChI is InChI=1S/C18H20N2O5S2/c1-12-11-15(25-19-12)14-4-5-17(24-14)27(22,23)20-8-6-13(7-9-20)18(21)16-3-2-10-26-16/h2-5,10-11,13,18,21H,6-9H2,1H3.